The predicted octanol–water partition coefficient (Wildman–Crippen LogP) is 2.23. The topological polar surface area (TPSA) is 66.5 Å². The lowest BCUT2D eigenvalue weighted by atomic mass is 10.0. The minimum Gasteiger partial charge on any atom is -0.322 e. The van der Waals surface area contributed by atoms with Gasteiger partial charge < -0.3 is 4.90 Å². The summed E-state index contributed by atoms with van der Waals surface area (Å²) in [5.74, 6) is -1.95. The zero-order valence-corrected chi connectivity index (χ0v) is 13.1. The Morgan fingerprint density at radius 3 is 2.52 bits per heavy atom. The SMILES string of the molecule is O=C1CCC(N2Cc3ccc(Br)c(C(F)(F)F)c3C2=O)C(=O)N1. The number of amides is 3. The van der Waals surface area contributed by atoms with Crippen LogP contribution in [0.2, 0.25) is 0 Å². The van der Waals surface area contributed by atoms with Crippen LogP contribution in [0.4, 0.5) is 13.2 Å². The highest BCUT2D eigenvalue weighted by atomic mass is 79.9. The number of imide groups is 1. The molecule has 3 rings (SSSR count). The van der Waals surface area contributed by atoms with Crippen molar-refractivity contribution in [3.05, 3.63) is 33.3 Å². The smallest absolute Gasteiger partial charge is 0.322 e. The van der Waals surface area contributed by atoms with Gasteiger partial charge in [-0.2, -0.15) is 13.2 Å². The van der Waals surface area contributed by atoms with Gasteiger partial charge in [0.2, 0.25) is 11.8 Å². The fourth-order valence-electron chi connectivity index (χ4n) is 2.90. The second-order valence-corrected chi connectivity index (χ2v) is 6.21. The summed E-state index contributed by atoms with van der Waals surface area (Å²) in [6, 6.07) is 1.73. The van der Waals surface area contributed by atoms with Gasteiger partial charge in [-0.25, -0.2) is 0 Å². The third-order valence-corrected chi connectivity index (χ3v) is 4.59. The molecule has 2 heterocycles. The number of benzene rings is 1. The van der Waals surface area contributed by atoms with Crippen molar-refractivity contribution in [3.63, 3.8) is 0 Å². The van der Waals surface area contributed by atoms with Crippen LogP contribution in [0.5, 0.6) is 0 Å². The molecule has 0 saturated carbocycles. The van der Waals surface area contributed by atoms with Crippen molar-refractivity contribution in [2.75, 3.05) is 0 Å². The van der Waals surface area contributed by atoms with Crippen LogP contribution >= 0.6 is 15.9 Å². The van der Waals surface area contributed by atoms with Gasteiger partial charge in [0.05, 0.1) is 11.1 Å². The third-order valence-electron chi connectivity index (χ3n) is 3.93. The summed E-state index contributed by atoms with van der Waals surface area (Å²) < 4.78 is 39.5. The van der Waals surface area contributed by atoms with Crippen LogP contribution in [0.25, 0.3) is 0 Å². The number of nitrogens with one attached hydrogen (secondary N) is 1. The lowest BCUT2D eigenvalue weighted by Crippen LogP contribution is -2.52. The highest BCUT2D eigenvalue weighted by Gasteiger charge is 2.45. The van der Waals surface area contributed by atoms with Crippen LogP contribution in [-0.4, -0.2) is 28.7 Å². The van der Waals surface area contributed by atoms with E-state index in [1.54, 1.807) is 0 Å². The highest BCUT2D eigenvalue weighted by Crippen LogP contribution is 2.42. The zero-order chi connectivity index (χ0) is 16.9. The van der Waals surface area contributed by atoms with Gasteiger partial charge in [-0.1, -0.05) is 22.0 Å². The molecule has 9 heteroatoms. The molecule has 0 radical (unpaired) electrons. The maximum atomic E-state index is 13.2. The second-order valence-electron chi connectivity index (χ2n) is 5.35. The second kappa shape index (κ2) is 5.33. The molecule has 1 atom stereocenters. The van der Waals surface area contributed by atoms with E-state index in [9.17, 15) is 27.6 Å². The number of piperidine rings is 1. The Labute approximate surface area is 136 Å². The van der Waals surface area contributed by atoms with E-state index in [2.05, 4.69) is 21.2 Å². The Bertz CT molecular complexity index is 733. The molecule has 0 aliphatic carbocycles. The number of nitrogens with zero attached hydrogens (tertiary/aromatic N) is 1. The lowest BCUT2D eigenvalue weighted by molar-refractivity contribution is -0.138. The van der Waals surface area contributed by atoms with E-state index in [1.165, 1.54) is 12.1 Å². The molecule has 5 nitrogen and oxygen atoms in total. The molecular weight excluding hydrogens is 381 g/mol. The Hall–Kier alpha value is -1.90. The largest absolute Gasteiger partial charge is 0.418 e. The van der Waals surface area contributed by atoms with Crippen LogP contribution in [0.3, 0.4) is 0 Å². The minimum atomic E-state index is -4.69. The van der Waals surface area contributed by atoms with E-state index >= 15 is 0 Å². The summed E-state index contributed by atoms with van der Waals surface area (Å²) in [5.41, 5.74) is -1.25. The molecule has 1 saturated heterocycles. The van der Waals surface area contributed by atoms with Gasteiger partial charge in [0.25, 0.3) is 5.91 Å². The van der Waals surface area contributed by atoms with Crippen molar-refractivity contribution >= 4 is 33.7 Å². The summed E-state index contributed by atoms with van der Waals surface area (Å²) in [5, 5.41) is 2.11. The predicted molar refractivity (Wildman–Crippen MR) is 75.2 cm³/mol. The number of fused-ring (bicyclic) bond motifs is 1. The number of alkyl halides is 3. The molecular formula is C14H10BrF3N2O3. The van der Waals surface area contributed by atoms with Crippen LogP contribution < -0.4 is 5.32 Å². The number of carbonyl (C=O) groups is 3. The van der Waals surface area contributed by atoms with Crippen LogP contribution in [-0.2, 0) is 22.3 Å². The van der Waals surface area contributed by atoms with E-state index in [-0.39, 0.29) is 29.4 Å². The molecule has 1 aromatic rings. The quantitative estimate of drug-likeness (QED) is 0.747. The molecule has 2 aliphatic rings. The molecule has 2 aliphatic heterocycles. The first-order chi connectivity index (χ1) is 10.7. The normalized spacial score (nSPS) is 21.5. The fraction of sp³-hybridized carbons (Fsp3) is 0.357. The number of rotatable bonds is 1. The van der Waals surface area contributed by atoms with E-state index in [0.717, 1.165) is 4.90 Å². The van der Waals surface area contributed by atoms with Gasteiger partial charge in [-0.3, -0.25) is 19.7 Å². The molecule has 0 bridgehead atoms. The number of hydrogen-bond donors (Lipinski definition) is 1. The molecule has 0 spiro atoms. The number of hydrogen-bond acceptors (Lipinski definition) is 3. The lowest BCUT2D eigenvalue weighted by Gasteiger charge is -2.29. The van der Waals surface area contributed by atoms with Crippen molar-refractivity contribution in [1.29, 1.82) is 0 Å². The summed E-state index contributed by atoms with van der Waals surface area (Å²) in [7, 11) is 0. The molecule has 23 heavy (non-hydrogen) atoms. The first-order valence-corrected chi connectivity index (χ1v) is 7.52. The van der Waals surface area contributed by atoms with Gasteiger partial charge in [0.1, 0.15) is 6.04 Å². The van der Waals surface area contributed by atoms with Gasteiger partial charge in [0.15, 0.2) is 0 Å². The Kier molecular flexibility index (Phi) is 3.70. The first kappa shape index (κ1) is 16.0. The molecule has 122 valence electrons. The summed E-state index contributed by atoms with van der Waals surface area (Å²) in [6.45, 7) is -0.0865. The summed E-state index contributed by atoms with van der Waals surface area (Å²) in [6.07, 6.45) is -4.54. The van der Waals surface area contributed by atoms with E-state index in [1.807, 2.05) is 0 Å². The summed E-state index contributed by atoms with van der Waals surface area (Å²) in [4.78, 5) is 36.6. The Morgan fingerprint density at radius 2 is 1.91 bits per heavy atom. The molecule has 1 N–H and O–H groups in total. The van der Waals surface area contributed by atoms with Crippen LogP contribution in [0.1, 0.15) is 34.3 Å². The van der Waals surface area contributed by atoms with Gasteiger partial charge >= 0.3 is 6.18 Å². The van der Waals surface area contributed by atoms with Crippen LogP contribution in [0.15, 0.2) is 16.6 Å². The van der Waals surface area contributed by atoms with E-state index in [0.29, 0.717) is 0 Å². The minimum absolute atomic E-state index is 0.0480. The number of halogens is 4. The maximum absolute atomic E-state index is 13.2. The standard InChI is InChI=1S/C14H10BrF3N2O3/c15-7-2-1-6-5-20(8-3-4-9(21)19-12(8)22)13(23)10(6)11(7)14(16,17)18/h1-2,8H,3-5H2,(H,19,21,22). The number of carbonyl (C=O) groups excluding carboxylic acids is 3. The van der Waals surface area contributed by atoms with Crippen molar-refractivity contribution in [2.45, 2.75) is 31.6 Å². The van der Waals surface area contributed by atoms with Crippen molar-refractivity contribution in [2.24, 2.45) is 0 Å². The zero-order valence-electron chi connectivity index (χ0n) is 11.5. The van der Waals surface area contributed by atoms with Gasteiger partial charge in [-0.15, -0.1) is 0 Å². The van der Waals surface area contributed by atoms with E-state index in [4.69, 9.17) is 0 Å². The fourth-order valence-corrected chi connectivity index (χ4v) is 3.46. The molecule has 3 amide bonds. The maximum Gasteiger partial charge on any atom is 0.418 e. The van der Waals surface area contributed by atoms with Gasteiger partial charge in [0, 0.05) is 17.4 Å². The Morgan fingerprint density at radius 1 is 1.22 bits per heavy atom. The average Bonchev–Trinajstić information content (AvgIpc) is 2.75. The first-order valence-electron chi connectivity index (χ1n) is 6.73. The van der Waals surface area contributed by atoms with Crippen molar-refractivity contribution in [3.8, 4) is 0 Å². The van der Waals surface area contributed by atoms with Crippen molar-refractivity contribution in [1.82, 2.24) is 10.2 Å². The van der Waals surface area contributed by atoms with Crippen molar-refractivity contribution < 1.29 is 27.6 Å². The third kappa shape index (κ3) is 2.62. The molecule has 1 fully saturated rings. The van der Waals surface area contributed by atoms with E-state index < -0.39 is 41.1 Å². The van der Waals surface area contributed by atoms with Gasteiger partial charge in [-0.05, 0) is 18.1 Å². The molecule has 1 unspecified atom stereocenters. The monoisotopic (exact) mass is 390 g/mol. The highest BCUT2D eigenvalue weighted by molar-refractivity contribution is 9.10. The summed E-state index contributed by atoms with van der Waals surface area (Å²) >= 11 is 2.83. The molecule has 1 aromatic carbocycles. The Balaban J connectivity index is 2.00. The van der Waals surface area contributed by atoms with Crippen LogP contribution in [0, 0.1) is 0 Å². The molecule has 0 aromatic heterocycles. The average molecular weight is 391 g/mol.